The summed E-state index contributed by atoms with van der Waals surface area (Å²) in [7, 11) is -4.34. The molecule has 6 rings (SSSR count). The minimum Gasteiger partial charge on any atom is -0.487 e. The van der Waals surface area contributed by atoms with Crippen molar-refractivity contribution < 1.29 is 35.9 Å². The number of amidine groups is 1. The highest BCUT2D eigenvalue weighted by molar-refractivity contribution is 7.89. The predicted octanol–water partition coefficient (Wildman–Crippen LogP) is 5.87. The first-order chi connectivity index (χ1) is 24.6. The molecule has 3 N–H and O–H groups in total. The second-order valence-corrected chi connectivity index (χ2v) is 15.1. The maximum atomic E-state index is 14.1. The van der Waals surface area contributed by atoms with E-state index in [1.807, 2.05) is 0 Å². The smallest absolute Gasteiger partial charge is 0.417 e. The molecule has 2 aliphatic rings. The van der Waals surface area contributed by atoms with Crippen molar-refractivity contribution in [3.63, 3.8) is 0 Å². The van der Waals surface area contributed by atoms with Gasteiger partial charge in [0.2, 0.25) is 15.9 Å². The maximum absolute atomic E-state index is 14.1. The van der Waals surface area contributed by atoms with E-state index in [0.29, 0.717) is 17.5 Å². The van der Waals surface area contributed by atoms with Gasteiger partial charge in [0.15, 0.2) is 0 Å². The van der Waals surface area contributed by atoms with Crippen LogP contribution < -0.4 is 10.5 Å². The largest absolute Gasteiger partial charge is 0.487 e. The number of carbonyl (C=O) groups excluding carboxylic acids is 2. The van der Waals surface area contributed by atoms with Gasteiger partial charge in [0, 0.05) is 65.5 Å². The Labute approximate surface area is 307 Å². The van der Waals surface area contributed by atoms with Crippen LogP contribution in [0.4, 0.5) is 13.2 Å². The van der Waals surface area contributed by atoms with Crippen molar-refractivity contribution in [2.45, 2.75) is 43.5 Å². The Hall–Kier alpha value is -4.44. The van der Waals surface area contributed by atoms with Crippen LogP contribution in [0, 0.1) is 12.3 Å². The van der Waals surface area contributed by atoms with E-state index in [1.165, 1.54) is 37.3 Å². The fourth-order valence-electron chi connectivity index (χ4n) is 6.48. The predicted molar refractivity (Wildman–Crippen MR) is 189 cm³/mol. The molecule has 52 heavy (non-hydrogen) atoms. The minimum absolute atomic E-state index is 0.0185. The summed E-state index contributed by atoms with van der Waals surface area (Å²) in [6, 6.07) is 13.0. The first-order valence-corrected chi connectivity index (χ1v) is 18.4. The number of hydrogen-bond acceptors (Lipinski definition) is 7. The van der Waals surface area contributed by atoms with E-state index in [4.69, 9.17) is 39.1 Å². The molecule has 1 atom stereocenters. The topological polar surface area (TPSA) is 150 Å². The molecule has 0 bridgehead atoms. The number of aromatic nitrogens is 1. The number of rotatable bonds is 8. The first kappa shape index (κ1) is 37.3. The summed E-state index contributed by atoms with van der Waals surface area (Å²) >= 11 is 13.1. The standard InChI is InChI=1S/C35H33Cl2F3N6O5S/c1-20-18-25(35(38,39)40)23-4-2-6-28(31(23)43-20)51-19-24-26(36)11-12-29(30(24)37)52(49,50)46-13-3-5-27(46)34(48)45-16-14-44(15-17-45)33(47)22-9-7-21(8-10-22)32(41)42/h2,4,6-12,18,27H,3,5,13-17,19H2,1H3,(H3,41,42). The lowest BCUT2D eigenvalue weighted by Gasteiger charge is -2.37. The molecule has 17 heteroatoms. The van der Waals surface area contributed by atoms with Crippen LogP contribution in [-0.2, 0) is 27.6 Å². The average Bonchev–Trinajstić information content (AvgIpc) is 3.62. The van der Waals surface area contributed by atoms with Gasteiger partial charge in [0.1, 0.15) is 34.6 Å². The Balaban J connectivity index is 1.17. The van der Waals surface area contributed by atoms with Crippen molar-refractivity contribution in [2.75, 3.05) is 32.7 Å². The third-order valence-electron chi connectivity index (χ3n) is 9.16. The van der Waals surface area contributed by atoms with Gasteiger partial charge in [0.05, 0.1) is 10.6 Å². The van der Waals surface area contributed by atoms with Gasteiger partial charge < -0.3 is 20.3 Å². The molecule has 4 aromatic rings. The highest BCUT2D eigenvalue weighted by atomic mass is 35.5. The van der Waals surface area contributed by atoms with E-state index in [2.05, 4.69) is 4.98 Å². The van der Waals surface area contributed by atoms with Gasteiger partial charge in [-0.1, -0.05) is 47.5 Å². The first-order valence-electron chi connectivity index (χ1n) is 16.2. The summed E-state index contributed by atoms with van der Waals surface area (Å²) in [5.41, 5.74) is 5.72. The number of carbonyl (C=O) groups is 2. The van der Waals surface area contributed by atoms with Crippen molar-refractivity contribution in [3.8, 4) is 5.75 Å². The summed E-state index contributed by atoms with van der Waals surface area (Å²) in [6.45, 7) is 2.02. The van der Waals surface area contributed by atoms with Crippen LogP contribution in [0.1, 0.15) is 45.6 Å². The van der Waals surface area contributed by atoms with Crippen LogP contribution in [0.2, 0.25) is 10.0 Å². The van der Waals surface area contributed by atoms with Gasteiger partial charge in [-0.2, -0.15) is 17.5 Å². The number of fused-ring (bicyclic) bond motifs is 1. The van der Waals surface area contributed by atoms with E-state index in [9.17, 15) is 31.2 Å². The van der Waals surface area contributed by atoms with Gasteiger partial charge in [0.25, 0.3) is 5.91 Å². The summed E-state index contributed by atoms with van der Waals surface area (Å²) in [5.74, 6) is -0.711. The number of benzene rings is 3. The van der Waals surface area contributed by atoms with Crippen LogP contribution in [0.5, 0.6) is 5.75 Å². The fraction of sp³-hybridized carbons (Fsp3) is 0.314. The Morgan fingerprint density at radius 1 is 0.981 bits per heavy atom. The number of alkyl halides is 3. The van der Waals surface area contributed by atoms with Gasteiger partial charge in [-0.15, -0.1) is 0 Å². The molecule has 0 saturated carbocycles. The molecule has 2 aliphatic heterocycles. The van der Waals surface area contributed by atoms with E-state index in [1.54, 1.807) is 34.1 Å². The van der Waals surface area contributed by atoms with Gasteiger partial charge in [-0.3, -0.25) is 15.0 Å². The molecule has 1 aromatic heterocycles. The maximum Gasteiger partial charge on any atom is 0.417 e. The number of nitrogens with zero attached hydrogens (tertiary/aromatic N) is 4. The second-order valence-electron chi connectivity index (χ2n) is 12.5. The van der Waals surface area contributed by atoms with Crippen LogP contribution in [-0.4, -0.2) is 83.9 Å². The van der Waals surface area contributed by atoms with Crippen molar-refractivity contribution in [1.82, 2.24) is 19.1 Å². The van der Waals surface area contributed by atoms with Gasteiger partial charge in [-0.05, 0) is 56.2 Å². The number of piperazine rings is 1. The van der Waals surface area contributed by atoms with Gasteiger partial charge >= 0.3 is 6.18 Å². The Kier molecular flexibility index (Phi) is 10.4. The summed E-state index contributed by atoms with van der Waals surface area (Å²) in [5, 5.41) is 7.19. The van der Waals surface area contributed by atoms with Crippen LogP contribution >= 0.6 is 23.2 Å². The van der Waals surface area contributed by atoms with Crippen molar-refractivity contribution >= 4 is 61.8 Å². The van der Waals surface area contributed by atoms with Crippen LogP contribution in [0.3, 0.4) is 0 Å². The summed E-state index contributed by atoms with van der Waals surface area (Å²) in [6.07, 6.45) is -3.92. The minimum atomic E-state index is -4.63. The molecule has 274 valence electrons. The van der Waals surface area contributed by atoms with Crippen molar-refractivity contribution in [2.24, 2.45) is 5.73 Å². The number of pyridine rings is 1. The number of amides is 2. The summed E-state index contributed by atoms with van der Waals surface area (Å²) in [4.78, 5) is 33.9. The molecule has 2 saturated heterocycles. The number of halogens is 5. The highest BCUT2D eigenvalue weighted by Gasteiger charge is 2.43. The molecule has 1 unspecified atom stereocenters. The zero-order valence-corrected chi connectivity index (χ0v) is 30.0. The SMILES string of the molecule is Cc1cc(C(F)(F)F)c2cccc(OCc3c(Cl)ccc(S(=O)(=O)N4CCCC4C(=O)N4CCN(C(=O)c5ccc(C(=N)N)cc5)CC4)c3Cl)c2n1. The Morgan fingerprint density at radius 3 is 2.29 bits per heavy atom. The second kappa shape index (κ2) is 14.5. The molecular formula is C35H33Cl2F3N6O5S. The van der Waals surface area contributed by atoms with E-state index < -0.39 is 27.8 Å². The zero-order chi connectivity index (χ0) is 37.5. The number of ether oxygens (including phenoxy) is 1. The zero-order valence-electron chi connectivity index (χ0n) is 27.7. The lowest BCUT2D eigenvalue weighted by molar-refractivity contribution is -0.137. The summed E-state index contributed by atoms with van der Waals surface area (Å²) < 4.78 is 76.5. The van der Waals surface area contributed by atoms with Gasteiger partial charge in [-0.25, -0.2) is 13.4 Å². The Bertz CT molecular complexity index is 2180. The molecule has 3 heterocycles. The molecule has 0 radical (unpaired) electrons. The van der Waals surface area contributed by atoms with Crippen LogP contribution in [0.15, 0.2) is 65.6 Å². The fourth-order valence-corrected chi connectivity index (χ4v) is 8.99. The van der Waals surface area contributed by atoms with E-state index in [0.717, 1.165) is 10.4 Å². The van der Waals surface area contributed by atoms with E-state index in [-0.39, 0.29) is 106 Å². The molecule has 0 aliphatic carbocycles. The average molecular weight is 778 g/mol. The lowest BCUT2D eigenvalue weighted by atomic mass is 10.1. The van der Waals surface area contributed by atoms with Crippen molar-refractivity contribution in [1.29, 1.82) is 5.41 Å². The molecule has 11 nitrogen and oxygen atoms in total. The van der Waals surface area contributed by atoms with E-state index >= 15 is 0 Å². The van der Waals surface area contributed by atoms with Crippen LogP contribution in [0.25, 0.3) is 10.9 Å². The normalized spacial score (nSPS) is 17.1. The quantitative estimate of drug-likeness (QED) is 0.168. The monoisotopic (exact) mass is 776 g/mol. The molecule has 0 spiro atoms. The molecular weight excluding hydrogens is 744 g/mol. The Morgan fingerprint density at radius 2 is 1.63 bits per heavy atom. The number of nitrogens with one attached hydrogen (secondary N) is 1. The highest BCUT2D eigenvalue weighted by Crippen LogP contribution is 2.39. The number of hydrogen-bond donors (Lipinski definition) is 2. The number of nitrogens with two attached hydrogens (primary N) is 1. The number of aryl methyl sites for hydroxylation is 1. The number of nitrogen functional groups attached to an aromatic ring is 1. The molecule has 2 fully saturated rings. The number of para-hydroxylation sites is 1. The third-order valence-corrected chi connectivity index (χ3v) is 12.0. The number of sulfonamides is 1. The molecule has 3 aromatic carbocycles. The van der Waals surface area contributed by atoms with Crippen molar-refractivity contribution in [3.05, 3.63) is 98.7 Å². The molecule has 2 amide bonds. The third kappa shape index (κ3) is 7.27. The lowest BCUT2D eigenvalue weighted by Crippen LogP contribution is -2.55.